The number of methoxy groups -OCH3 is 1. The molecule has 0 aliphatic carbocycles. The number of carbonyl (C=O) groups is 2. The van der Waals surface area contributed by atoms with Crippen LogP contribution in [0.5, 0.6) is 5.75 Å². The van der Waals surface area contributed by atoms with Gasteiger partial charge in [0, 0.05) is 25.6 Å². The Morgan fingerprint density at radius 1 is 0.953 bits per heavy atom. The van der Waals surface area contributed by atoms with Gasteiger partial charge in [-0.15, -0.1) is 0 Å². The van der Waals surface area contributed by atoms with Crippen LogP contribution in [0, 0.1) is 6.92 Å². The summed E-state index contributed by atoms with van der Waals surface area (Å²) in [4.78, 5) is 33.6. The first kappa shape index (κ1) is 29.2. The number of ether oxygens (including phenoxy) is 2. The summed E-state index contributed by atoms with van der Waals surface area (Å²) in [6, 6.07) is 29.5. The van der Waals surface area contributed by atoms with Crippen molar-refractivity contribution in [2.75, 3.05) is 19.1 Å². The molecule has 1 atom stereocenters. The molecule has 0 radical (unpaired) electrons. The van der Waals surface area contributed by atoms with E-state index in [-0.39, 0.29) is 18.5 Å². The standard InChI is InChI=1S/C34H34N4O5/c1-23-28-22-43-33(35-29(28)18-19-31(23)38(34(40)41)26-12-8-5-9-13-26)36-30(20-24-14-16-27(42-3)17-15-24)32(39)37(2)21-25-10-6-4-7-11-25/h4-19,30H,20-22H2,1-3H3,(H,35,36)(H,40,41)/t30-/m0/s1. The third-order valence-corrected chi connectivity index (χ3v) is 7.40. The van der Waals surface area contributed by atoms with Crippen molar-refractivity contribution in [2.45, 2.75) is 32.5 Å². The normalized spacial score (nSPS) is 12.7. The molecule has 0 saturated heterocycles. The number of amides is 2. The Labute approximate surface area is 251 Å². The lowest BCUT2D eigenvalue weighted by atomic mass is 10.0. The molecular weight excluding hydrogens is 544 g/mol. The van der Waals surface area contributed by atoms with Crippen molar-refractivity contribution < 1.29 is 24.2 Å². The topological polar surface area (TPSA) is 104 Å². The summed E-state index contributed by atoms with van der Waals surface area (Å²) >= 11 is 0. The minimum atomic E-state index is -1.09. The van der Waals surface area contributed by atoms with Crippen LogP contribution in [0.2, 0.25) is 0 Å². The number of para-hydroxylation sites is 1. The highest BCUT2D eigenvalue weighted by Gasteiger charge is 2.28. The van der Waals surface area contributed by atoms with E-state index in [9.17, 15) is 14.7 Å². The number of hydrogen-bond donors (Lipinski definition) is 2. The molecule has 0 aromatic heterocycles. The summed E-state index contributed by atoms with van der Waals surface area (Å²) in [5, 5.41) is 13.2. The Balaban J connectivity index is 1.41. The number of amidine groups is 1. The van der Waals surface area contributed by atoms with Crippen LogP contribution in [0.3, 0.4) is 0 Å². The van der Waals surface area contributed by atoms with Gasteiger partial charge < -0.3 is 24.8 Å². The van der Waals surface area contributed by atoms with Crippen LogP contribution in [0.15, 0.2) is 102 Å². The average Bonchev–Trinajstić information content (AvgIpc) is 3.03. The number of fused-ring (bicyclic) bond motifs is 1. The SMILES string of the molecule is COc1ccc(C[C@H](NC2=Nc3ccc(N(C(=O)O)c4ccccc4)c(C)c3CO2)C(=O)N(C)Cc2ccccc2)cc1. The zero-order valence-corrected chi connectivity index (χ0v) is 24.4. The van der Waals surface area contributed by atoms with Gasteiger partial charge in [-0.2, -0.15) is 4.99 Å². The summed E-state index contributed by atoms with van der Waals surface area (Å²) in [5.74, 6) is 0.629. The molecule has 0 spiro atoms. The van der Waals surface area contributed by atoms with E-state index < -0.39 is 12.1 Å². The second kappa shape index (κ2) is 13.1. The highest BCUT2D eigenvalue weighted by atomic mass is 16.5. The zero-order valence-electron chi connectivity index (χ0n) is 24.4. The summed E-state index contributed by atoms with van der Waals surface area (Å²) in [6.45, 7) is 2.49. The molecule has 1 heterocycles. The van der Waals surface area contributed by atoms with Crippen molar-refractivity contribution in [3.8, 4) is 5.75 Å². The molecule has 9 heteroatoms. The van der Waals surface area contributed by atoms with Gasteiger partial charge >= 0.3 is 6.09 Å². The lowest BCUT2D eigenvalue weighted by Gasteiger charge is -2.28. The molecule has 9 nitrogen and oxygen atoms in total. The summed E-state index contributed by atoms with van der Waals surface area (Å²) in [6.07, 6.45) is -0.684. The Bertz CT molecular complexity index is 1610. The first-order valence-electron chi connectivity index (χ1n) is 13.9. The van der Waals surface area contributed by atoms with Gasteiger partial charge in [0.15, 0.2) is 0 Å². The smallest absolute Gasteiger partial charge is 0.416 e. The van der Waals surface area contributed by atoms with E-state index in [0.717, 1.165) is 28.0 Å². The van der Waals surface area contributed by atoms with Gasteiger partial charge in [-0.1, -0.05) is 60.7 Å². The number of rotatable bonds is 9. The van der Waals surface area contributed by atoms with E-state index in [2.05, 4.69) is 10.3 Å². The molecule has 220 valence electrons. The van der Waals surface area contributed by atoms with Crippen LogP contribution in [0.25, 0.3) is 0 Å². The first-order valence-corrected chi connectivity index (χ1v) is 13.9. The maximum atomic E-state index is 13.7. The van der Waals surface area contributed by atoms with Crippen LogP contribution in [0.1, 0.15) is 22.3 Å². The Kier molecular flexibility index (Phi) is 8.90. The predicted octanol–water partition coefficient (Wildman–Crippen LogP) is 6.20. The van der Waals surface area contributed by atoms with Gasteiger partial charge in [0.25, 0.3) is 6.02 Å². The van der Waals surface area contributed by atoms with Crippen molar-refractivity contribution in [1.29, 1.82) is 0 Å². The highest BCUT2D eigenvalue weighted by Crippen LogP contribution is 2.36. The van der Waals surface area contributed by atoms with E-state index in [1.807, 2.05) is 67.6 Å². The molecule has 4 aromatic rings. The van der Waals surface area contributed by atoms with Gasteiger partial charge in [-0.25, -0.2) is 9.69 Å². The number of hydrogen-bond acceptors (Lipinski definition) is 6. The van der Waals surface area contributed by atoms with Crippen molar-refractivity contribution in [1.82, 2.24) is 10.2 Å². The largest absolute Gasteiger partial charge is 0.497 e. The number of carboxylic acid groups (broad SMARTS) is 1. The van der Waals surface area contributed by atoms with Gasteiger partial charge in [-0.05, 0) is 60.0 Å². The molecule has 1 aliphatic rings. The number of nitrogens with zero attached hydrogens (tertiary/aromatic N) is 3. The third-order valence-electron chi connectivity index (χ3n) is 7.40. The van der Waals surface area contributed by atoms with E-state index in [1.54, 1.807) is 55.5 Å². The fraction of sp³-hybridized carbons (Fsp3) is 0.206. The second-order valence-corrected chi connectivity index (χ2v) is 10.3. The van der Waals surface area contributed by atoms with Crippen molar-refractivity contribution in [2.24, 2.45) is 4.99 Å². The monoisotopic (exact) mass is 578 g/mol. The zero-order chi connectivity index (χ0) is 30.3. The van der Waals surface area contributed by atoms with Gasteiger partial charge in [0.05, 0.1) is 24.2 Å². The molecule has 1 aliphatic heterocycles. The van der Waals surface area contributed by atoms with Crippen molar-refractivity contribution in [3.63, 3.8) is 0 Å². The number of likely N-dealkylation sites (N-methyl/N-ethyl adjacent to an activating group) is 1. The fourth-order valence-corrected chi connectivity index (χ4v) is 5.09. The van der Waals surface area contributed by atoms with Crippen molar-refractivity contribution >= 4 is 35.1 Å². The quantitative estimate of drug-likeness (QED) is 0.245. The number of nitrogens with one attached hydrogen (secondary N) is 1. The van der Waals surface area contributed by atoms with Crippen molar-refractivity contribution in [3.05, 3.63) is 119 Å². The molecule has 0 saturated carbocycles. The summed E-state index contributed by atoms with van der Waals surface area (Å²) < 4.78 is 11.3. The Morgan fingerprint density at radius 3 is 2.28 bits per heavy atom. The second-order valence-electron chi connectivity index (χ2n) is 10.3. The van der Waals surface area contributed by atoms with E-state index in [4.69, 9.17) is 9.47 Å². The number of anilines is 2. The lowest BCUT2D eigenvalue weighted by molar-refractivity contribution is -0.132. The average molecular weight is 579 g/mol. The number of aliphatic imine (C=N–C) groups is 1. The van der Waals surface area contributed by atoms with Crippen LogP contribution >= 0.6 is 0 Å². The van der Waals surface area contributed by atoms with Gasteiger partial charge in [0.1, 0.15) is 18.4 Å². The van der Waals surface area contributed by atoms with E-state index in [1.165, 1.54) is 4.90 Å². The molecule has 43 heavy (non-hydrogen) atoms. The third kappa shape index (κ3) is 6.78. The van der Waals surface area contributed by atoms with Crippen LogP contribution < -0.4 is 15.0 Å². The molecule has 2 N–H and O–H groups in total. The van der Waals surface area contributed by atoms with Crippen LogP contribution in [-0.2, 0) is 29.1 Å². The predicted molar refractivity (Wildman–Crippen MR) is 166 cm³/mol. The molecule has 0 unspecified atom stereocenters. The van der Waals surface area contributed by atoms with E-state index >= 15 is 0 Å². The molecule has 2 amide bonds. The summed E-state index contributed by atoms with van der Waals surface area (Å²) in [7, 11) is 3.39. The van der Waals surface area contributed by atoms with Gasteiger partial charge in [0.2, 0.25) is 5.91 Å². The van der Waals surface area contributed by atoms with E-state index in [0.29, 0.717) is 30.0 Å². The minimum Gasteiger partial charge on any atom is -0.497 e. The lowest BCUT2D eigenvalue weighted by Crippen LogP contribution is -2.49. The Morgan fingerprint density at radius 2 is 1.63 bits per heavy atom. The maximum absolute atomic E-state index is 13.7. The maximum Gasteiger partial charge on any atom is 0.416 e. The molecule has 4 aromatic carbocycles. The van der Waals surface area contributed by atoms with Crippen LogP contribution in [-0.4, -0.2) is 48.2 Å². The number of benzene rings is 4. The fourth-order valence-electron chi connectivity index (χ4n) is 5.09. The first-order chi connectivity index (χ1) is 20.8. The molecule has 5 rings (SSSR count). The number of carbonyl (C=O) groups excluding carboxylic acids is 1. The Hall–Kier alpha value is -5.31. The van der Waals surface area contributed by atoms with Crippen LogP contribution in [0.4, 0.5) is 21.9 Å². The minimum absolute atomic E-state index is 0.108. The summed E-state index contributed by atoms with van der Waals surface area (Å²) in [5.41, 5.74) is 5.24. The molecule has 0 bridgehead atoms. The molecule has 0 fully saturated rings. The van der Waals surface area contributed by atoms with Gasteiger partial charge in [-0.3, -0.25) is 4.79 Å². The molecular formula is C34H34N4O5. The highest BCUT2D eigenvalue weighted by molar-refractivity contribution is 5.96.